The minimum Gasteiger partial charge on any atom is -0.376 e. The van der Waals surface area contributed by atoms with Crippen molar-refractivity contribution >= 4 is 23.2 Å². The van der Waals surface area contributed by atoms with Crippen LogP contribution in [0.4, 0.5) is 0 Å². The maximum Gasteiger partial charge on any atom is 0.0837 e. The van der Waals surface area contributed by atoms with Crippen LogP contribution in [0.5, 0.6) is 0 Å². The predicted octanol–water partition coefficient (Wildman–Crippen LogP) is 3.17. The molecule has 0 amide bonds. The lowest BCUT2D eigenvalue weighted by Crippen LogP contribution is -2.32. The minimum absolute atomic E-state index is 0.159. The van der Waals surface area contributed by atoms with Crippen LogP contribution in [0.15, 0.2) is 24.3 Å². The Morgan fingerprint density at radius 1 is 1.29 bits per heavy atom. The Morgan fingerprint density at radius 2 is 2.06 bits per heavy atom. The van der Waals surface area contributed by atoms with E-state index >= 15 is 0 Å². The number of nitrogens with zero attached hydrogens (tertiary/aromatic N) is 1. The normalized spacial score (nSPS) is 22.4. The highest BCUT2D eigenvalue weighted by Crippen LogP contribution is 2.14. The fourth-order valence-electron chi connectivity index (χ4n) is 2.06. The summed E-state index contributed by atoms with van der Waals surface area (Å²) in [6, 6.07) is 8.02. The zero-order valence-corrected chi connectivity index (χ0v) is 11.3. The molecule has 1 fully saturated rings. The van der Waals surface area contributed by atoms with E-state index in [2.05, 4.69) is 17.0 Å². The van der Waals surface area contributed by atoms with E-state index in [0.29, 0.717) is 5.88 Å². The van der Waals surface area contributed by atoms with Crippen molar-refractivity contribution < 1.29 is 4.74 Å². The molecule has 0 bridgehead atoms. The molecule has 1 aromatic carbocycles. The molecule has 1 unspecified atom stereocenters. The molecule has 0 radical (unpaired) electrons. The summed E-state index contributed by atoms with van der Waals surface area (Å²) in [4.78, 5) is 2.39. The van der Waals surface area contributed by atoms with Gasteiger partial charge in [-0.05, 0) is 24.1 Å². The maximum atomic E-state index is 5.88. The SMILES string of the molecule is ClCC1CN(Cc2ccc(Cl)cc2)CCCO1. The molecule has 1 aliphatic heterocycles. The lowest BCUT2D eigenvalue weighted by molar-refractivity contribution is 0.0691. The van der Waals surface area contributed by atoms with E-state index in [0.717, 1.165) is 37.7 Å². The summed E-state index contributed by atoms with van der Waals surface area (Å²) in [5.41, 5.74) is 1.28. The molecule has 94 valence electrons. The van der Waals surface area contributed by atoms with Gasteiger partial charge in [0.15, 0.2) is 0 Å². The first-order valence-corrected chi connectivity index (χ1v) is 6.83. The third-order valence-electron chi connectivity index (χ3n) is 2.93. The number of benzene rings is 1. The number of ether oxygens (including phenoxy) is 1. The Kier molecular flexibility index (Phi) is 5.11. The first-order valence-electron chi connectivity index (χ1n) is 5.92. The van der Waals surface area contributed by atoms with Gasteiger partial charge in [0.05, 0.1) is 6.10 Å². The summed E-state index contributed by atoms with van der Waals surface area (Å²) < 4.78 is 5.64. The number of halogens is 2. The van der Waals surface area contributed by atoms with Crippen molar-refractivity contribution in [3.05, 3.63) is 34.9 Å². The Balaban J connectivity index is 1.94. The number of rotatable bonds is 3. The average Bonchev–Trinajstić information content (AvgIpc) is 2.57. The van der Waals surface area contributed by atoms with E-state index < -0.39 is 0 Å². The van der Waals surface area contributed by atoms with Crippen LogP contribution in [0.1, 0.15) is 12.0 Å². The van der Waals surface area contributed by atoms with E-state index in [4.69, 9.17) is 27.9 Å². The Hall–Kier alpha value is -0.280. The highest BCUT2D eigenvalue weighted by molar-refractivity contribution is 6.30. The predicted molar refractivity (Wildman–Crippen MR) is 71.8 cm³/mol. The molecule has 2 rings (SSSR count). The van der Waals surface area contributed by atoms with Gasteiger partial charge in [0.1, 0.15) is 0 Å². The first-order chi connectivity index (χ1) is 8.28. The molecule has 2 nitrogen and oxygen atoms in total. The molecule has 1 heterocycles. The van der Waals surface area contributed by atoms with Crippen LogP contribution in [0.25, 0.3) is 0 Å². The Bertz CT molecular complexity index is 342. The molecule has 1 atom stereocenters. The second kappa shape index (κ2) is 6.60. The molecular weight excluding hydrogens is 257 g/mol. The molecule has 0 saturated carbocycles. The summed E-state index contributed by atoms with van der Waals surface area (Å²) >= 11 is 11.7. The lowest BCUT2D eigenvalue weighted by Gasteiger charge is -2.22. The Morgan fingerprint density at radius 3 is 2.76 bits per heavy atom. The third-order valence-corrected chi connectivity index (χ3v) is 3.52. The van der Waals surface area contributed by atoms with E-state index in [1.807, 2.05) is 12.1 Å². The first kappa shape index (κ1) is 13.2. The molecule has 4 heteroatoms. The van der Waals surface area contributed by atoms with Crippen LogP contribution < -0.4 is 0 Å². The minimum atomic E-state index is 0.159. The van der Waals surface area contributed by atoms with Crippen molar-refractivity contribution in [1.82, 2.24) is 4.90 Å². The summed E-state index contributed by atoms with van der Waals surface area (Å²) in [7, 11) is 0. The summed E-state index contributed by atoms with van der Waals surface area (Å²) in [6.45, 7) is 3.73. The lowest BCUT2D eigenvalue weighted by atomic mass is 10.2. The summed E-state index contributed by atoms with van der Waals surface area (Å²) in [5, 5.41) is 0.784. The second-order valence-electron chi connectivity index (χ2n) is 4.36. The molecule has 1 aliphatic rings. The van der Waals surface area contributed by atoms with Crippen LogP contribution in [-0.2, 0) is 11.3 Å². The zero-order valence-electron chi connectivity index (χ0n) is 9.74. The molecule has 17 heavy (non-hydrogen) atoms. The van der Waals surface area contributed by atoms with Gasteiger partial charge in [-0.25, -0.2) is 0 Å². The van der Waals surface area contributed by atoms with Gasteiger partial charge in [0, 0.05) is 37.1 Å². The van der Waals surface area contributed by atoms with E-state index in [9.17, 15) is 0 Å². The molecule has 0 N–H and O–H groups in total. The van der Waals surface area contributed by atoms with Gasteiger partial charge in [-0.15, -0.1) is 11.6 Å². The molecule has 1 saturated heterocycles. The summed E-state index contributed by atoms with van der Waals surface area (Å²) in [6.07, 6.45) is 1.23. The molecular formula is C13H17Cl2NO. The Labute approximate surface area is 112 Å². The average molecular weight is 274 g/mol. The third kappa shape index (κ3) is 4.14. The quantitative estimate of drug-likeness (QED) is 0.785. The number of hydrogen-bond donors (Lipinski definition) is 0. The molecule has 0 aromatic heterocycles. The van der Waals surface area contributed by atoms with E-state index in [-0.39, 0.29) is 6.10 Å². The van der Waals surface area contributed by atoms with E-state index in [1.165, 1.54) is 5.56 Å². The van der Waals surface area contributed by atoms with Gasteiger partial charge in [-0.1, -0.05) is 23.7 Å². The van der Waals surface area contributed by atoms with Gasteiger partial charge in [-0.3, -0.25) is 4.90 Å². The monoisotopic (exact) mass is 273 g/mol. The van der Waals surface area contributed by atoms with Crippen molar-refractivity contribution in [3.8, 4) is 0 Å². The molecule has 1 aromatic rings. The van der Waals surface area contributed by atoms with Gasteiger partial charge in [-0.2, -0.15) is 0 Å². The van der Waals surface area contributed by atoms with Crippen LogP contribution in [0.2, 0.25) is 5.02 Å². The topological polar surface area (TPSA) is 12.5 Å². The van der Waals surface area contributed by atoms with E-state index in [1.54, 1.807) is 0 Å². The van der Waals surface area contributed by atoms with Crippen molar-refractivity contribution in [2.75, 3.05) is 25.6 Å². The van der Waals surface area contributed by atoms with Crippen LogP contribution in [0.3, 0.4) is 0 Å². The fraction of sp³-hybridized carbons (Fsp3) is 0.538. The van der Waals surface area contributed by atoms with Crippen LogP contribution in [0, 0.1) is 0 Å². The van der Waals surface area contributed by atoms with Gasteiger partial charge >= 0.3 is 0 Å². The van der Waals surface area contributed by atoms with Gasteiger partial charge in [0.25, 0.3) is 0 Å². The molecule has 0 spiro atoms. The standard InChI is InChI=1S/C13H17Cl2NO/c14-8-13-10-16(6-1-7-17-13)9-11-2-4-12(15)5-3-11/h2-5,13H,1,6-10H2. The van der Waals surface area contributed by atoms with Crippen molar-refractivity contribution in [2.45, 2.75) is 19.1 Å². The number of hydrogen-bond acceptors (Lipinski definition) is 2. The maximum absolute atomic E-state index is 5.88. The van der Waals surface area contributed by atoms with Gasteiger partial charge in [0.2, 0.25) is 0 Å². The van der Waals surface area contributed by atoms with Gasteiger partial charge < -0.3 is 4.74 Å². The highest BCUT2D eigenvalue weighted by atomic mass is 35.5. The highest BCUT2D eigenvalue weighted by Gasteiger charge is 2.17. The summed E-state index contributed by atoms with van der Waals surface area (Å²) in [5.74, 6) is 0.567. The smallest absolute Gasteiger partial charge is 0.0837 e. The van der Waals surface area contributed by atoms with Crippen molar-refractivity contribution in [3.63, 3.8) is 0 Å². The largest absolute Gasteiger partial charge is 0.376 e. The van der Waals surface area contributed by atoms with Crippen molar-refractivity contribution in [2.24, 2.45) is 0 Å². The zero-order chi connectivity index (χ0) is 12.1. The van der Waals surface area contributed by atoms with Crippen LogP contribution in [-0.4, -0.2) is 36.6 Å². The number of alkyl halides is 1. The fourth-order valence-corrected chi connectivity index (χ4v) is 2.37. The molecule has 0 aliphatic carbocycles. The van der Waals surface area contributed by atoms with Crippen molar-refractivity contribution in [1.29, 1.82) is 0 Å². The van der Waals surface area contributed by atoms with Crippen LogP contribution >= 0.6 is 23.2 Å². The second-order valence-corrected chi connectivity index (χ2v) is 5.11.